The van der Waals surface area contributed by atoms with Crippen molar-refractivity contribution in [2.75, 3.05) is 11.1 Å². The molecule has 0 aliphatic rings. The highest BCUT2D eigenvalue weighted by atomic mass is 35.5. The van der Waals surface area contributed by atoms with Gasteiger partial charge in [-0.2, -0.15) is 21.0 Å². The molecule has 0 aliphatic carbocycles. The van der Waals surface area contributed by atoms with Gasteiger partial charge in [0.15, 0.2) is 0 Å². The maximum atomic E-state index is 12.8. The lowest BCUT2D eigenvalue weighted by Gasteiger charge is -2.14. The van der Waals surface area contributed by atoms with Gasteiger partial charge in [0.2, 0.25) is 11.2 Å². The van der Waals surface area contributed by atoms with Gasteiger partial charge < -0.3 is 11.1 Å². The van der Waals surface area contributed by atoms with Crippen LogP contribution in [-0.2, 0) is 0 Å². The molecule has 65 heavy (non-hydrogen) atoms. The van der Waals surface area contributed by atoms with E-state index in [0.29, 0.717) is 44.6 Å². The predicted octanol–water partition coefficient (Wildman–Crippen LogP) is 9.69. The zero-order valence-electron chi connectivity index (χ0n) is 35.4. The Morgan fingerprint density at radius 3 is 1.55 bits per heavy atom. The lowest BCUT2D eigenvalue weighted by atomic mass is 9.92. The van der Waals surface area contributed by atoms with Gasteiger partial charge in [-0.15, -0.1) is 0 Å². The summed E-state index contributed by atoms with van der Waals surface area (Å²) in [6, 6.07) is 33.5. The summed E-state index contributed by atoms with van der Waals surface area (Å²) < 4.78 is 0. The van der Waals surface area contributed by atoms with Crippen molar-refractivity contribution in [3.8, 4) is 46.5 Å². The molecule has 8 rings (SSSR count). The Kier molecular flexibility index (Phi) is 14.3. The van der Waals surface area contributed by atoms with Crippen LogP contribution in [0.2, 0.25) is 5.28 Å². The molecule has 0 radical (unpaired) electrons. The Morgan fingerprint density at radius 2 is 1.11 bits per heavy atom. The Bertz CT molecular complexity index is 3410. The fourth-order valence-corrected chi connectivity index (χ4v) is 7.36. The molecule has 14 nitrogen and oxygen atoms in total. The van der Waals surface area contributed by atoms with E-state index in [4.69, 9.17) is 38.4 Å². The molecule has 0 amide bonds. The second-order valence-corrected chi connectivity index (χ2v) is 14.8. The van der Waals surface area contributed by atoms with Crippen LogP contribution in [-0.4, -0.2) is 29.9 Å². The minimum atomic E-state index is -0.267. The van der Waals surface area contributed by atoms with Gasteiger partial charge >= 0.3 is 0 Å². The average molecular weight is 873 g/mol. The van der Waals surface area contributed by atoms with Crippen molar-refractivity contribution in [3.05, 3.63) is 180 Å². The van der Waals surface area contributed by atoms with Gasteiger partial charge in [-0.05, 0) is 132 Å². The minimum Gasteiger partial charge on any atom is -0.384 e. The number of aryl methyl sites for hydroxylation is 4. The van der Waals surface area contributed by atoms with E-state index < -0.39 is 0 Å². The van der Waals surface area contributed by atoms with E-state index in [1.807, 2.05) is 101 Å². The van der Waals surface area contributed by atoms with Gasteiger partial charge in [-0.25, -0.2) is 19.9 Å². The summed E-state index contributed by atoms with van der Waals surface area (Å²) >= 11 is 5.94. The first-order valence-corrected chi connectivity index (χ1v) is 20.0. The molecule has 0 aliphatic heterocycles. The zero-order chi connectivity index (χ0) is 46.6. The molecule has 0 saturated carbocycles. The number of nitrogen functional groups attached to an aromatic ring is 1. The van der Waals surface area contributed by atoms with E-state index in [9.17, 15) is 9.59 Å². The Labute approximate surface area is 377 Å². The number of hydrogen-bond acceptors (Lipinski definition) is 12. The number of allylic oxidation sites excluding steroid dienone is 2. The largest absolute Gasteiger partial charge is 0.384 e. The number of benzene rings is 4. The smallest absolute Gasteiger partial charge is 0.260 e. The van der Waals surface area contributed by atoms with Gasteiger partial charge in [0, 0.05) is 35.7 Å². The summed E-state index contributed by atoms with van der Waals surface area (Å²) in [5.74, 6) is 1.16. The quantitative estimate of drug-likeness (QED) is 0.0900. The number of H-pyrrole nitrogens is 2. The molecule has 5 N–H and O–H groups in total. The van der Waals surface area contributed by atoms with Crippen molar-refractivity contribution >= 4 is 63.1 Å². The van der Waals surface area contributed by atoms with Crippen molar-refractivity contribution in [1.29, 1.82) is 21.0 Å². The first kappa shape index (κ1) is 45.3. The first-order chi connectivity index (χ1) is 31.3. The molecule has 4 heterocycles. The number of aromatic amines is 2. The molecule has 0 fully saturated rings. The molecule has 4 aromatic heterocycles. The van der Waals surface area contributed by atoms with Crippen LogP contribution < -0.4 is 22.2 Å². The standard InChI is InChI=1S/C25H18N6O.C19H14ClN3O.C6H5N3/c1-15-11-17(5-4-10-26)12-16(2)22(15)19-6-3-7-20-23(19)30-25(31-24(20)32)29-21-9-8-18(13-27)14-28-21;1-11-9-13(5-4-8-21)10-12(2)16(11)14-6-3-7-15-17(14)22-19(20)23-18(15)24;7-3-5-1-2-6(8)9-4-5/h3-9,11-12,14H,1-2H3,(H2,28,29,30,31,32);3-7,9-10H,1-2H3,(H,22,23,24);1-2,4H,(H2,8,9)/b2*5-4+;. The van der Waals surface area contributed by atoms with E-state index in [1.54, 1.807) is 48.6 Å². The Balaban J connectivity index is 0.000000186. The number of para-hydroxylation sites is 2. The third kappa shape index (κ3) is 10.8. The molecule has 4 aromatic carbocycles. The number of pyridine rings is 2. The number of nitrogens with one attached hydrogen (secondary N) is 3. The number of nitrogens with zero attached hydrogens (tertiary/aromatic N) is 8. The number of nitrogens with two attached hydrogens (primary N) is 1. The Morgan fingerprint density at radius 1 is 0.631 bits per heavy atom. The number of hydrogen-bond donors (Lipinski definition) is 4. The molecule has 0 spiro atoms. The highest BCUT2D eigenvalue weighted by molar-refractivity contribution is 6.28. The normalized spacial score (nSPS) is 10.5. The number of nitriles is 4. The second-order valence-electron chi connectivity index (χ2n) is 14.4. The van der Waals surface area contributed by atoms with Crippen molar-refractivity contribution in [3.63, 3.8) is 0 Å². The third-order valence-corrected chi connectivity index (χ3v) is 10.0. The van der Waals surface area contributed by atoms with E-state index in [-0.39, 0.29) is 22.4 Å². The predicted molar refractivity (Wildman–Crippen MR) is 254 cm³/mol. The Hall–Kier alpha value is -9.21. The number of rotatable bonds is 6. The highest BCUT2D eigenvalue weighted by Crippen LogP contribution is 2.34. The van der Waals surface area contributed by atoms with Gasteiger partial charge in [-0.3, -0.25) is 19.6 Å². The van der Waals surface area contributed by atoms with Crippen LogP contribution in [0.1, 0.15) is 44.5 Å². The maximum Gasteiger partial charge on any atom is 0.260 e. The van der Waals surface area contributed by atoms with Crippen LogP contribution in [0, 0.1) is 73.0 Å². The lowest BCUT2D eigenvalue weighted by molar-refractivity contribution is 1.15. The van der Waals surface area contributed by atoms with Crippen LogP contribution in [0.3, 0.4) is 0 Å². The number of anilines is 3. The molecule has 0 bridgehead atoms. The first-order valence-electron chi connectivity index (χ1n) is 19.7. The molecule has 316 valence electrons. The molecular weight excluding hydrogens is 836 g/mol. The molecule has 0 atom stereocenters. The SMILES string of the molecule is Cc1cc(/C=C/C#N)cc(C)c1-c1cccc2c(=O)[nH]c(Cl)nc12.Cc1cc(/C=C/C#N)cc(C)c1-c1cccc2c(=O)[nH]c(Nc3ccc(C#N)cn3)nc12.N#Cc1ccc(N)nc1. The fraction of sp³-hybridized carbons (Fsp3) is 0.0800. The van der Waals surface area contributed by atoms with E-state index in [1.165, 1.54) is 24.5 Å². The summed E-state index contributed by atoms with van der Waals surface area (Å²) in [6.07, 6.45) is 9.32. The molecular formula is C50H37ClN12O2. The number of halogens is 1. The van der Waals surface area contributed by atoms with Crippen LogP contribution >= 0.6 is 11.6 Å². The van der Waals surface area contributed by atoms with Crippen molar-refractivity contribution in [2.45, 2.75) is 27.7 Å². The maximum absolute atomic E-state index is 12.8. The van der Waals surface area contributed by atoms with Gasteiger partial charge in [0.1, 0.15) is 23.8 Å². The summed E-state index contributed by atoms with van der Waals surface area (Å²) in [7, 11) is 0. The van der Waals surface area contributed by atoms with Crippen molar-refractivity contribution in [2.24, 2.45) is 0 Å². The topological polar surface area (TPSA) is 250 Å². The monoisotopic (exact) mass is 872 g/mol. The van der Waals surface area contributed by atoms with Crippen LogP contribution in [0.4, 0.5) is 17.6 Å². The summed E-state index contributed by atoms with van der Waals surface area (Å²) in [5.41, 5.74) is 16.6. The van der Waals surface area contributed by atoms with Gasteiger partial charge in [0.25, 0.3) is 11.1 Å². The zero-order valence-corrected chi connectivity index (χ0v) is 36.2. The second kappa shape index (κ2) is 20.6. The number of aromatic nitrogens is 6. The number of fused-ring (bicyclic) bond motifs is 2. The highest BCUT2D eigenvalue weighted by Gasteiger charge is 2.16. The molecule has 0 unspecified atom stereocenters. The van der Waals surface area contributed by atoms with Gasteiger partial charge in [-0.1, -0.05) is 48.5 Å². The van der Waals surface area contributed by atoms with Crippen molar-refractivity contribution in [1.82, 2.24) is 29.9 Å². The van der Waals surface area contributed by atoms with Crippen LogP contribution in [0.5, 0.6) is 0 Å². The van der Waals surface area contributed by atoms with Crippen molar-refractivity contribution < 1.29 is 0 Å². The average Bonchev–Trinajstić information content (AvgIpc) is 3.28. The minimum absolute atomic E-state index is 0.0730. The van der Waals surface area contributed by atoms with Crippen LogP contribution in [0.25, 0.3) is 56.2 Å². The summed E-state index contributed by atoms with van der Waals surface area (Å²) in [4.78, 5) is 47.0. The molecule has 0 saturated heterocycles. The van der Waals surface area contributed by atoms with E-state index in [2.05, 4.69) is 35.2 Å². The summed E-state index contributed by atoms with van der Waals surface area (Å²) in [6.45, 7) is 8.00. The van der Waals surface area contributed by atoms with Crippen LogP contribution in [0.15, 0.2) is 119 Å². The van der Waals surface area contributed by atoms with E-state index in [0.717, 1.165) is 55.6 Å². The van der Waals surface area contributed by atoms with E-state index >= 15 is 0 Å². The lowest BCUT2D eigenvalue weighted by Crippen LogP contribution is -2.12. The summed E-state index contributed by atoms with van der Waals surface area (Å²) in [5, 5.41) is 38.8. The third-order valence-electron chi connectivity index (χ3n) is 9.85. The van der Waals surface area contributed by atoms with Gasteiger partial charge in [0.05, 0.1) is 45.1 Å². The molecule has 8 aromatic rings. The fourth-order valence-electron chi connectivity index (χ4n) is 7.19. The molecule has 15 heteroatoms.